The molecule has 0 aliphatic rings. The van der Waals surface area contributed by atoms with E-state index < -0.39 is 0 Å². The van der Waals surface area contributed by atoms with Crippen molar-refractivity contribution in [2.45, 2.75) is 0 Å². The third-order valence-electron chi connectivity index (χ3n) is 8.52. The van der Waals surface area contributed by atoms with Crippen molar-refractivity contribution in [3.8, 4) is 56.4 Å². The highest BCUT2D eigenvalue weighted by molar-refractivity contribution is 6.09. The van der Waals surface area contributed by atoms with Gasteiger partial charge in [0.2, 0.25) is 0 Å². The average molecular weight is 603 g/mol. The molecule has 0 aliphatic carbocycles. The molecule has 6 heteroatoms. The van der Waals surface area contributed by atoms with Gasteiger partial charge in [0.1, 0.15) is 11.2 Å². The number of hydrogen-bond acceptors (Lipinski definition) is 5. The molecule has 0 saturated heterocycles. The minimum Gasteiger partial charge on any atom is -0.284 e. The van der Waals surface area contributed by atoms with Crippen molar-refractivity contribution in [1.29, 1.82) is 0 Å². The number of nitrogens with zero attached hydrogens (tertiary/aromatic N) is 6. The van der Waals surface area contributed by atoms with E-state index in [1.807, 2.05) is 79.0 Å². The Balaban J connectivity index is 1.07. The fourth-order valence-electron chi connectivity index (χ4n) is 6.16. The van der Waals surface area contributed by atoms with Crippen LogP contribution in [0.15, 0.2) is 158 Å². The lowest BCUT2D eigenvalue weighted by molar-refractivity contribution is 1.16. The molecule has 220 valence electrons. The zero-order chi connectivity index (χ0) is 31.2. The van der Waals surface area contributed by atoms with Crippen molar-refractivity contribution in [1.82, 2.24) is 29.3 Å². The normalized spacial score (nSPS) is 11.4. The van der Waals surface area contributed by atoms with Gasteiger partial charge in [0, 0.05) is 39.9 Å². The Hall–Kier alpha value is -6.53. The Labute approximate surface area is 270 Å². The van der Waals surface area contributed by atoms with Crippen molar-refractivity contribution < 1.29 is 0 Å². The molecule has 0 fully saturated rings. The first-order chi connectivity index (χ1) is 23.3. The summed E-state index contributed by atoms with van der Waals surface area (Å²) < 4.78 is 2.06. The molecule has 0 amide bonds. The van der Waals surface area contributed by atoms with Crippen LogP contribution in [0.4, 0.5) is 0 Å². The molecule has 6 nitrogen and oxygen atoms in total. The van der Waals surface area contributed by atoms with E-state index in [2.05, 4.69) is 82.2 Å². The third-order valence-corrected chi connectivity index (χ3v) is 8.52. The average Bonchev–Trinajstić information content (AvgIpc) is 3.54. The summed E-state index contributed by atoms with van der Waals surface area (Å²) in [5.41, 5.74) is 11.4. The van der Waals surface area contributed by atoms with Crippen LogP contribution in [-0.2, 0) is 0 Å². The first kappa shape index (κ1) is 26.8. The minimum atomic E-state index is 0.673. The van der Waals surface area contributed by atoms with Crippen LogP contribution in [0.2, 0.25) is 0 Å². The van der Waals surface area contributed by atoms with Gasteiger partial charge in [-0.25, -0.2) is 19.9 Å². The Kier molecular flexibility index (Phi) is 6.35. The molecule has 9 aromatic rings. The second-order valence-electron chi connectivity index (χ2n) is 11.4. The van der Waals surface area contributed by atoms with Crippen molar-refractivity contribution in [2.75, 3.05) is 0 Å². The predicted octanol–water partition coefficient (Wildman–Crippen LogP) is 9.56. The lowest BCUT2D eigenvalue weighted by Gasteiger charge is -2.10. The summed E-state index contributed by atoms with van der Waals surface area (Å²) in [6.07, 6.45) is 3.81. The van der Waals surface area contributed by atoms with Gasteiger partial charge in [-0.05, 0) is 41.5 Å². The summed E-state index contributed by atoms with van der Waals surface area (Å²) in [6, 6.07) is 49.5. The minimum absolute atomic E-state index is 0.673. The van der Waals surface area contributed by atoms with Crippen LogP contribution in [0.1, 0.15) is 0 Å². The van der Waals surface area contributed by atoms with E-state index in [0.717, 1.165) is 78.2 Å². The maximum atomic E-state index is 5.15. The molecule has 4 aromatic carbocycles. The fraction of sp³-hybridized carbons (Fsp3) is 0. The summed E-state index contributed by atoms with van der Waals surface area (Å²) in [7, 11) is 0. The van der Waals surface area contributed by atoms with E-state index in [4.69, 9.17) is 19.9 Å². The molecule has 0 spiro atoms. The number of benzene rings is 4. The molecule has 0 aliphatic heterocycles. The molecular weight excluding hydrogens is 576 g/mol. The quantitative estimate of drug-likeness (QED) is 0.196. The van der Waals surface area contributed by atoms with Gasteiger partial charge in [-0.2, -0.15) is 0 Å². The molecule has 47 heavy (non-hydrogen) atoms. The van der Waals surface area contributed by atoms with Gasteiger partial charge in [-0.15, -0.1) is 0 Å². The highest BCUT2D eigenvalue weighted by atomic mass is 15.1. The van der Waals surface area contributed by atoms with E-state index in [-0.39, 0.29) is 0 Å². The van der Waals surface area contributed by atoms with Crippen LogP contribution in [0, 0.1) is 0 Å². The first-order valence-electron chi connectivity index (χ1n) is 15.5. The van der Waals surface area contributed by atoms with Crippen molar-refractivity contribution in [2.24, 2.45) is 0 Å². The molecule has 0 N–H and O–H groups in total. The summed E-state index contributed by atoms with van der Waals surface area (Å²) in [4.78, 5) is 24.4. The smallest absolute Gasteiger partial charge is 0.165 e. The Morgan fingerprint density at radius 2 is 1.09 bits per heavy atom. The summed E-state index contributed by atoms with van der Waals surface area (Å²) in [6.45, 7) is 0. The second kappa shape index (κ2) is 11.1. The molecule has 5 aromatic heterocycles. The second-order valence-corrected chi connectivity index (χ2v) is 11.4. The van der Waals surface area contributed by atoms with Gasteiger partial charge in [-0.3, -0.25) is 9.38 Å². The highest BCUT2D eigenvalue weighted by Gasteiger charge is 2.15. The van der Waals surface area contributed by atoms with Gasteiger partial charge in [0.05, 0.1) is 22.8 Å². The summed E-state index contributed by atoms with van der Waals surface area (Å²) in [5.74, 6) is 0.673. The zero-order valence-corrected chi connectivity index (χ0v) is 25.2. The van der Waals surface area contributed by atoms with Gasteiger partial charge >= 0.3 is 0 Å². The fourth-order valence-corrected chi connectivity index (χ4v) is 6.16. The monoisotopic (exact) mass is 602 g/mol. The third kappa shape index (κ3) is 4.80. The molecule has 5 heterocycles. The van der Waals surface area contributed by atoms with E-state index in [9.17, 15) is 0 Å². The van der Waals surface area contributed by atoms with Gasteiger partial charge in [-0.1, -0.05) is 115 Å². The topological polar surface area (TPSA) is 68.9 Å². The summed E-state index contributed by atoms with van der Waals surface area (Å²) in [5, 5.41) is 2.19. The van der Waals surface area contributed by atoms with Gasteiger partial charge in [0.25, 0.3) is 0 Å². The SMILES string of the molecule is c1ccc(-c2nc(-c3ccc(-c4ccc(-c5nc6c(nc7ccccn76)c6ccccc56)cc4)cc3)cc(-c3ccccn3)n2)cc1. The molecule has 0 unspecified atom stereocenters. The first-order valence-corrected chi connectivity index (χ1v) is 15.5. The van der Waals surface area contributed by atoms with E-state index >= 15 is 0 Å². The standard InChI is InChI=1S/C41H26N6/c1-2-10-31(11-3-1)40-43-35(26-36(44-40)34-14-6-8-24-42-34)29-20-16-27(17-21-29)28-18-22-30(23-19-28)38-32-12-4-5-13-33(32)39-41(46-38)47-25-9-7-15-37(47)45-39/h1-26H. The lowest BCUT2D eigenvalue weighted by atomic mass is 9.98. The van der Waals surface area contributed by atoms with Gasteiger partial charge < -0.3 is 0 Å². The number of imidazole rings is 1. The molecule has 0 atom stereocenters. The van der Waals surface area contributed by atoms with Crippen LogP contribution >= 0.6 is 0 Å². The van der Waals surface area contributed by atoms with Crippen molar-refractivity contribution in [3.05, 3.63) is 158 Å². The zero-order valence-electron chi connectivity index (χ0n) is 25.2. The largest absolute Gasteiger partial charge is 0.284 e. The molecule has 9 rings (SSSR count). The van der Waals surface area contributed by atoms with Crippen LogP contribution in [-0.4, -0.2) is 29.3 Å². The van der Waals surface area contributed by atoms with Crippen molar-refractivity contribution >= 4 is 27.6 Å². The summed E-state index contributed by atoms with van der Waals surface area (Å²) >= 11 is 0. The number of rotatable bonds is 5. The van der Waals surface area contributed by atoms with Crippen LogP contribution in [0.25, 0.3) is 84.0 Å². The number of fused-ring (bicyclic) bond motifs is 5. The van der Waals surface area contributed by atoms with Crippen molar-refractivity contribution in [3.63, 3.8) is 0 Å². The molecule has 0 saturated carbocycles. The molecule has 0 bridgehead atoms. The Bertz CT molecular complexity index is 2480. The molecular formula is C41H26N6. The van der Waals surface area contributed by atoms with E-state index in [1.54, 1.807) is 6.20 Å². The van der Waals surface area contributed by atoms with Crippen LogP contribution in [0.5, 0.6) is 0 Å². The number of pyridine rings is 3. The number of hydrogen-bond donors (Lipinski definition) is 0. The maximum Gasteiger partial charge on any atom is 0.165 e. The number of aromatic nitrogens is 6. The van der Waals surface area contributed by atoms with Crippen LogP contribution < -0.4 is 0 Å². The Morgan fingerprint density at radius 1 is 0.426 bits per heavy atom. The van der Waals surface area contributed by atoms with E-state index in [1.165, 1.54) is 0 Å². The lowest BCUT2D eigenvalue weighted by Crippen LogP contribution is -1.96. The van der Waals surface area contributed by atoms with Crippen LogP contribution in [0.3, 0.4) is 0 Å². The highest BCUT2D eigenvalue weighted by Crippen LogP contribution is 2.34. The maximum absolute atomic E-state index is 5.15. The van der Waals surface area contributed by atoms with E-state index in [0.29, 0.717) is 5.82 Å². The van der Waals surface area contributed by atoms with Gasteiger partial charge in [0.15, 0.2) is 11.5 Å². The molecule has 0 radical (unpaired) electrons. The predicted molar refractivity (Wildman–Crippen MR) is 189 cm³/mol. The Morgan fingerprint density at radius 3 is 1.85 bits per heavy atom.